The number of hydrogen-bond acceptors (Lipinski definition) is 1. The third-order valence-electron chi connectivity index (χ3n) is 4.41. The van der Waals surface area contributed by atoms with Gasteiger partial charge in [-0.3, -0.25) is 0 Å². The van der Waals surface area contributed by atoms with Gasteiger partial charge in [-0.2, -0.15) is 0 Å². The van der Waals surface area contributed by atoms with Gasteiger partial charge in [0, 0.05) is 5.92 Å². The molecule has 1 aliphatic carbocycles. The van der Waals surface area contributed by atoms with Gasteiger partial charge in [0.1, 0.15) is 5.82 Å². The summed E-state index contributed by atoms with van der Waals surface area (Å²) in [4.78, 5) is 8.33. The van der Waals surface area contributed by atoms with Crippen molar-refractivity contribution in [1.82, 2.24) is 9.97 Å². The summed E-state index contributed by atoms with van der Waals surface area (Å²) in [5.74, 6) is 1.65. The molecule has 0 atom stereocenters. The van der Waals surface area contributed by atoms with Gasteiger partial charge >= 0.3 is 0 Å². The van der Waals surface area contributed by atoms with Crippen LogP contribution in [0.5, 0.6) is 0 Å². The Morgan fingerprint density at radius 3 is 2.55 bits per heavy atom. The minimum atomic E-state index is 0.505. The minimum absolute atomic E-state index is 0.505. The molecule has 0 saturated carbocycles. The monoisotopic (exact) mass is 262 g/mol. The molecule has 0 unspecified atom stereocenters. The van der Waals surface area contributed by atoms with E-state index >= 15 is 0 Å². The molecule has 0 fully saturated rings. The Balaban J connectivity index is 1.70. The standard InChI is InChI=1S/C18H18N2/c1-2-12-7-8-16-17(9-12)20-18(19-16)15-10-13-5-3-4-6-14(13)11-15/h3-9,15H,2,10-11H2,1H3,(H,19,20). The molecular weight excluding hydrogens is 244 g/mol. The lowest BCUT2D eigenvalue weighted by molar-refractivity contribution is 0.697. The smallest absolute Gasteiger partial charge is 0.111 e. The summed E-state index contributed by atoms with van der Waals surface area (Å²) in [6.07, 6.45) is 3.28. The summed E-state index contributed by atoms with van der Waals surface area (Å²) in [5, 5.41) is 0. The number of nitrogens with one attached hydrogen (secondary N) is 1. The van der Waals surface area contributed by atoms with Crippen molar-refractivity contribution in [2.45, 2.75) is 32.1 Å². The number of H-pyrrole nitrogens is 1. The molecule has 0 amide bonds. The minimum Gasteiger partial charge on any atom is -0.342 e. The molecule has 0 aliphatic heterocycles. The van der Waals surface area contributed by atoms with Crippen molar-refractivity contribution in [3.05, 3.63) is 65.0 Å². The van der Waals surface area contributed by atoms with Crippen LogP contribution in [0.4, 0.5) is 0 Å². The average Bonchev–Trinajstić information content (AvgIpc) is 3.09. The molecule has 4 rings (SSSR count). The summed E-state index contributed by atoms with van der Waals surface area (Å²) in [6.45, 7) is 2.19. The van der Waals surface area contributed by atoms with Crippen molar-refractivity contribution >= 4 is 11.0 Å². The SMILES string of the molecule is CCc1ccc2nc(C3Cc4ccccc4C3)[nH]c2c1. The summed E-state index contributed by atoms with van der Waals surface area (Å²) >= 11 is 0. The van der Waals surface area contributed by atoms with Gasteiger partial charge in [-0.25, -0.2) is 4.98 Å². The van der Waals surface area contributed by atoms with E-state index in [4.69, 9.17) is 4.98 Å². The third-order valence-corrected chi connectivity index (χ3v) is 4.41. The number of benzene rings is 2. The molecule has 0 spiro atoms. The van der Waals surface area contributed by atoms with E-state index in [9.17, 15) is 0 Å². The number of aromatic nitrogens is 2. The number of rotatable bonds is 2. The van der Waals surface area contributed by atoms with E-state index in [1.807, 2.05) is 0 Å². The van der Waals surface area contributed by atoms with Gasteiger partial charge in [0.15, 0.2) is 0 Å². The number of imidazole rings is 1. The average molecular weight is 262 g/mol. The van der Waals surface area contributed by atoms with Crippen molar-refractivity contribution in [2.24, 2.45) is 0 Å². The largest absolute Gasteiger partial charge is 0.342 e. The van der Waals surface area contributed by atoms with Gasteiger partial charge in [0.25, 0.3) is 0 Å². The van der Waals surface area contributed by atoms with Gasteiger partial charge in [0.05, 0.1) is 11.0 Å². The van der Waals surface area contributed by atoms with Crippen LogP contribution >= 0.6 is 0 Å². The molecule has 1 aliphatic rings. The summed E-state index contributed by atoms with van der Waals surface area (Å²) in [5.41, 5.74) is 6.59. The van der Waals surface area contributed by atoms with Crippen molar-refractivity contribution in [2.75, 3.05) is 0 Å². The predicted molar refractivity (Wildman–Crippen MR) is 82.1 cm³/mol. The highest BCUT2D eigenvalue weighted by atomic mass is 14.9. The molecule has 3 aromatic rings. The zero-order chi connectivity index (χ0) is 13.5. The first-order valence-corrected chi connectivity index (χ1v) is 7.39. The predicted octanol–water partition coefficient (Wildman–Crippen LogP) is 4.01. The lowest BCUT2D eigenvalue weighted by Crippen LogP contribution is -1.99. The number of fused-ring (bicyclic) bond motifs is 2. The maximum atomic E-state index is 4.80. The fourth-order valence-corrected chi connectivity index (χ4v) is 3.24. The van der Waals surface area contributed by atoms with E-state index < -0.39 is 0 Å². The van der Waals surface area contributed by atoms with Crippen LogP contribution in [0, 0.1) is 0 Å². The van der Waals surface area contributed by atoms with E-state index in [1.165, 1.54) is 22.2 Å². The number of aryl methyl sites for hydroxylation is 1. The summed E-state index contributed by atoms with van der Waals surface area (Å²) in [7, 11) is 0. The number of nitrogens with zero attached hydrogens (tertiary/aromatic N) is 1. The fraction of sp³-hybridized carbons (Fsp3) is 0.278. The first-order chi connectivity index (χ1) is 9.83. The lowest BCUT2D eigenvalue weighted by Gasteiger charge is -2.03. The van der Waals surface area contributed by atoms with Crippen LogP contribution in [0.2, 0.25) is 0 Å². The van der Waals surface area contributed by atoms with E-state index in [2.05, 4.69) is 54.4 Å². The first-order valence-electron chi connectivity index (χ1n) is 7.39. The Morgan fingerprint density at radius 1 is 1.10 bits per heavy atom. The topological polar surface area (TPSA) is 28.7 Å². The van der Waals surface area contributed by atoms with Crippen LogP contribution in [0.15, 0.2) is 42.5 Å². The number of hydrogen-bond donors (Lipinski definition) is 1. The third kappa shape index (κ3) is 1.83. The molecule has 2 nitrogen and oxygen atoms in total. The molecular formula is C18H18N2. The van der Waals surface area contributed by atoms with Crippen molar-refractivity contribution in [3.63, 3.8) is 0 Å². The Hall–Kier alpha value is -2.09. The molecule has 1 heterocycles. The van der Waals surface area contributed by atoms with Gasteiger partial charge < -0.3 is 4.98 Å². The Morgan fingerprint density at radius 2 is 1.85 bits per heavy atom. The second kappa shape index (κ2) is 4.48. The molecule has 0 saturated heterocycles. The van der Waals surface area contributed by atoms with Crippen LogP contribution in [-0.2, 0) is 19.3 Å². The molecule has 2 heteroatoms. The van der Waals surface area contributed by atoms with Crippen molar-refractivity contribution in [3.8, 4) is 0 Å². The van der Waals surface area contributed by atoms with E-state index in [0.717, 1.165) is 30.6 Å². The van der Waals surface area contributed by atoms with E-state index in [-0.39, 0.29) is 0 Å². The second-order valence-electron chi connectivity index (χ2n) is 5.70. The Kier molecular flexibility index (Phi) is 2.62. The van der Waals surface area contributed by atoms with Crippen LogP contribution < -0.4 is 0 Å². The van der Waals surface area contributed by atoms with E-state index in [0.29, 0.717) is 5.92 Å². The van der Waals surface area contributed by atoms with Gasteiger partial charge in [-0.15, -0.1) is 0 Å². The first kappa shape index (κ1) is 11.7. The maximum absolute atomic E-state index is 4.80. The van der Waals surface area contributed by atoms with Crippen molar-refractivity contribution in [1.29, 1.82) is 0 Å². The summed E-state index contributed by atoms with van der Waals surface area (Å²) in [6, 6.07) is 15.3. The van der Waals surface area contributed by atoms with Gasteiger partial charge in [0.2, 0.25) is 0 Å². The molecule has 1 aromatic heterocycles. The van der Waals surface area contributed by atoms with Crippen molar-refractivity contribution < 1.29 is 0 Å². The maximum Gasteiger partial charge on any atom is 0.111 e. The molecule has 20 heavy (non-hydrogen) atoms. The zero-order valence-electron chi connectivity index (χ0n) is 11.7. The highest BCUT2D eigenvalue weighted by molar-refractivity contribution is 5.76. The molecule has 0 bridgehead atoms. The zero-order valence-corrected chi connectivity index (χ0v) is 11.7. The van der Waals surface area contributed by atoms with E-state index in [1.54, 1.807) is 0 Å². The molecule has 1 N–H and O–H groups in total. The summed E-state index contributed by atoms with van der Waals surface area (Å²) < 4.78 is 0. The normalized spacial score (nSPS) is 14.8. The van der Waals surface area contributed by atoms with Crippen LogP contribution in [-0.4, -0.2) is 9.97 Å². The Labute approximate surface area is 118 Å². The highest BCUT2D eigenvalue weighted by Gasteiger charge is 2.24. The number of aromatic amines is 1. The second-order valence-corrected chi connectivity index (χ2v) is 5.70. The van der Waals surface area contributed by atoms with Gasteiger partial charge in [-0.1, -0.05) is 37.3 Å². The fourth-order valence-electron chi connectivity index (χ4n) is 3.24. The van der Waals surface area contributed by atoms with Crippen LogP contribution in [0.1, 0.15) is 35.4 Å². The molecule has 0 radical (unpaired) electrons. The Bertz CT molecular complexity index is 745. The van der Waals surface area contributed by atoms with Gasteiger partial charge in [-0.05, 0) is 48.1 Å². The highest BCUT2D eigenvalue weighted by Crippen LogP contribution is 2.33. The molecule has 100 valence electrons. The van der Waals surface area contributed by atoms with Crippen LogP contribution in [0.25, 0.3) is 11.0 Å². The van der Waals surface area contributed by atoms with Crippen LogP contribution in [0.3, 0.4) is 0 Å². The quantitative estimate of drug-likeness (QED) is 0.742. The molecule has 2 aromatic carbocycles. The lowest BCUT2D eigenvalue weighted by atomic mass is 10.1.